The van der Waals surface area contributed by atoms with E-state index in [1.54, 1.807) is 0 Å². The largest absolute Gasteiger partial charge is 0.352 e. The Morgan fingerprint density at radius 2 is 1.00 bits per heavy atom. The van der Waals surface area contributed by atoms with Crippen molar-refractivity contribution < 1.29 is 0 Å². The van der Waals surface area contributed by atoms with Crippen molar-refractivity contribution in [2.45, 2.75) is 37.8 Å². The van der Waals surface area contributed by atoms with Crippen LogP contribution in [0, 0.1) is 0 Å². The van der Waals surface area contributed by atoms with Gasteiger partial charge in [-0.1, -0.05) is 37.1 Å². The molecule has 4 aliphatic heterocycles. The van der Waals surface area contributed by atoms with Crippen molar-refractivity contribution in [3.63, 3.8) is 0 Å². The second kappa shape index (κ2) is 8.76. The van der Waals surface area contributed by atoms with Crippen molar-refractivity contribution in [1.82, 2.24) is 38.2 Å². The van der Waals surface area contributed by atoms with Crippen molar-refractivity contribution >= 4 is 22.1 Å². The molecule has 200 valence electrons. The highest BCUT2D eigenvalue weighted by molar-refractivity contribution is 5.81. The van der Waals surface area contributed by atoms with Gasteiger partial charge in [0.2, 0.25) is 0 Å². The van der Waals surface area contributed by atoms with Gasteiger partial charge in [-0.3, -0.25) is 18.7 Å². The van der Waals surface area contributed by atoms with E-state index in [1.165, 1.54) is 14.1 Å². The molecular weight excluding hydrogens is 512 g/mol. The molecular formula is C28H24N8O4. The van der Waals surface area contributed by atoms with Crippen LogP contribution in [0.2, 0.25) is 0 Å². The third-order valence-corrected chi connectivity index (χ3v) is 7.98. The molecule has 40 heavy (non-hydrogen) atoms. The number of nitrogens with zero attached hydrogens (tertiary/aromatic N) is 8. The lowest BCUT2D eigenvalue weighted by molar-refractivity contribution is 0.249. The zero-order valence-corrected chi connectivity index (χ0v) is 21.8. The van der Waals surface area contributed by atoms with Crippen LogP contribution in [0.1, 0.15) is 37.8 Å². The van der Waals surface area contributed by atoms with Gasteiger partial charge in [0.25, 0.3) is 11.1 Å². The summed E-state index contributed by atoms with van der Waals surface area (Å²) in [6.07, 6.45) is 3.18. The van der Waals surface area contributed by atoms with Gasteiger partial charge in [-0.2, -0.15) is 9.97 Å². The molecule has 2 atom stereocenters. The van der Waals surface area contributed by atoms with Crippen LogP contribution in [-0.2, 0) is 14.1 Å². The summed E-state index contributed by atoms with van der Waals surface area (Å²) in [7, 11) is 2.78. The maximum absolute atomic E-state index is 13.2. The molecule has 0 spiro atoms. The standard InChI is InChI=1S/C28H24N8O4/c1-33-25(37)21-23(31-27(33)39)35(17-11-5-3-9-15(17)29-21)19-13-7-8-14-20(19)36-18-12-6-4-10-16(18)30-22-24(36)32-28(40)34(2)26(22)38/h3-6,9-12,19-20H,7-8,13-14H2,1-2H3/t19-,20-/m0/s1. The Labute approximate surface area is 225 Å². The second-order valence-corrected chi connectivity index (χ2v) is 10.2. The van der Waals surface area contributed by atoms with E-state index in [-0.39, 0.29) is 35.1 Å². The van der Waals surface area contributed by atoms with Crippen molar-refractivity contribution in [3.05, 3.63) is 90.2 Å². The Hall–Kier alpha value is -5.00. The second-order valence-electron chi connectivity index (χ2n) is 10.2. The molecule has 12 nitrogen and oxygen atoms in total. The molecule has 0 saturated heterocycles. The maximum Gasteiger partial charge on any atom is 0.352 e. The maximum atomic E-state index is 13.2. The third kappa shape index (κ3) is 3.38. The fourth-order valence-electron chi connectivity index (χ4n) is 6.01. The van der Waals surface area contributed by atoms with Crippen LogP contribution in [0.25, 0.3) is 45.1 Å². The average Bonchev–Trinajstić information content (AvgIpc) is 2.97. The fourth-order valence-corrected chi connectivity index (χ4v) is 6.01. The highest BCUT2D eigenvalue weighted by Crippen LogP contribution is 2.43. The summed E-state index contributed by atoms with van der Waals surface area (Å²) in [5.41, 5.74) is 0.495. The molecule has 0 bridgehead atoms. The van der Waals surface area contributed by atoms with E-state index in [9.17, 15) is 19.2 Å². The van der Waals surface area contributed by atoms with Gasteiger partial charge in [0, 0.05) is 14.1 Å². The van der Waals surface area contributed by atoms with Crippen LogP contribution in [0.15, 0.2) is 67.7 Å². The molecule has 0 amide bonds. The Bertz CT molecular complexity index is 2000. The van der Waals surface area contributed by atoms with Crippen molar-refractivity contribution in [3.8, 4) is 23.0 Å². The monoisotopic (exact) mass is 536 g/mol. The zero-order valence-electron chi connectivity index (χ0n) is 21.8. The van der Waals surface area contributed by atoms with Gasteiger partial charge in [-0.15, -0.1) is 0 Å². The van der Waals surface area contributed by atoms with Gasteiger partial charge in [-0.25, -0.2) is 19.6 Å². The van der Waals surface area contributed by atoms with E-state index in [0.717, 1.165) is 33.0 Å². The minimum absolute atomic E-state index is 0.105. The predicted molar refractivity (Wildman–Crippen MR) is 148 cm³/mol. The van der Waals surface area contributed by atoms with Crippen molar-refractivity contribution in [2.24, 2.45) is 14.1 Å². The number of fused-ring (bicyclic) bond motifs is 4. The van der Waals surface area contributed by atoms with Gasteiger partial charge in [-0.05, 0) is 37.1 Å². The quantitative estimate of drug-likeness (QED) is 0.306. The molecule has 4 heterocycles. The number of aromatic nitrogens is 8. The molecule has 2 aromatic rings. The van der Waals surface area contributed by atoms with Crippen LogP contribution in [0.5, 0.6) is 0 Å². The highest BCUT2D eigenvalue weighted by Gasteiger charge is 2.35. The van der Waals surface area contributed by atoms with E-state index >= 15 is 0 Å². The van der Waals surface area contributed by atoms with E-state index in [1.807, 2.05) is 57.7 Å². The first-order valence-corrected chi connectivity index (χ1v) is 13.1. The fraction of sp³-hybridized carbons (Fsp3) is 0.286. The topological polar surface area (TPSA) is 140 Å². The molecule has 12 heteroatoms. The average molecular weight is 537 g/mol. The summed E-state index contributed by atoms with van der Waals surface area (Å²) in [6.45, 7) is 0. The van der Waals surface area contributed by atoms with Gasteiger partial charge in [0.1, 0.15) is 0 Å². The van der Waals surface area contributed by atoms with Crippen LogP contribution in [0.4, 0.5) is 0 Å². The van der Waals surface area contributed by atoms with E-state index in [0.29, 0.717) is 23.9 Å². The van der Waals surface area contributed by atoms with Crippen LogP contribution in [-0.4, -0.2) is 38.2 Å². The molecule has 2 aromatic carbocycles. The van der Waals surface area contributed by atoms with Crippen LogP contribution < -0.4 is 22.5 Å². The summed E-state index contributed by atoms with van der Waals surface area (Å²) < 4.78 is 5.80. The van der Waals surface area contributed by atoms with Crippen LogP contribution >= 0.6 is 0 Å². The molecule has 1 aliphatic carbocycles. The first-order chi connectivity index (χ1) is 19.3. The minimum atomic E-state index is -0.663. The van der Waals surface area contributed by atoms with Gasteiger partial charge in [0.15, 0.2) is 23.0 Å². The van der Waals surface area contributed by atoms with Gasteiger partial charge >= 0.3 is 11.4 Å². The normalized spacial score (nSPS) is 17.8. The molecule has 1 fully saturated rings. The van der Waals surface area contributed by atoms with Gasteiger partial charge < -0.3 is 9.13 Å². The summed E-state index contributed by atoms with van der Waals surface area (Å²) in [5, 5.41) is 0. The molecule has 0 unspecified atom stereocenters. The van der Waals surface area contributed by atoms with Gasteiger partial charge in [0.05, 0.1) is 34.2 Å². The Balaban J connectivity index is 1.60. The lowest BCUT2D eigenvalue weighted by Crippen LogP contribution is -2.39. The number of hydrogen-bond donors (Lipinski definition) is 0. The first kappa shape index (κ1) is 24.1. The molecule has 7 rings (SSSR count). The lowest BCUT2D eigenvalue weighted by Gasteiger charge is -2.38. The SMILES string of the molecule is Cn1c(=O)nc2n([C@H]3CCCC[C@@H]3n3c4nc(=O)n(C)c(=O)c-4nc4ccccc43)c3ccccc3nc-2c1=O. The van der Waals surface area contributed by atoms with E-state index in [2.05, 4.69) is 19.9 Å². The Morgan fingerprint density at radius 3 is 1.43 bits per heavy atom. The predicted octanol–water partition coefficient (Wildman–Crippen LogP) is 1.86. The molecule has 1 saturated carbocycles. The lowest BCUT2D eigenvalue weighted by atomic mass is 9.88. The molecule has 0 radical (unpaired) electrons. The van der Waals surface area contributed by atoms with E-state index < -0.39 is 22.5 Å². The Morgan fingerprint density at radius 1 is 0.600 bits per heavy atom. The van der Waals surface area contributed by atoms with Crippen molar-refractivity contribution in [2.75, 3.05) is 0 Å². The molecule has 0 aromatic heterocycles. The summed E-state index contributed by atoms with van der Waals surface area (Å²) in [6, 6.07) is 14.3. The smallest absolute Gasteiger partial charge is 0.317 e. The number of rotatable bonds is 2. The summed E-state index contributed by atoms with van der Waals surface area (Å²) in [5.74, 6) is 0.417. The number of para-hydroxylation sites is 4. The molecule has 5 aliphatic rings. The summed E-state index contributed by atoms with van der Waals surface area (Å²) in [4.78, 5) is 69.7. The summed E-state index contributed by atoms with van der Waals surface area (Å²) >= 11 is 0. The van der Waals surface area contributed by atoms with Crippen molar-refractivity contribution in [1.29, 1.82) is 0 Å². The first-order valence-electron chi connectivity index (χ1n) is 13.1. The third-order valence-electron chi connectivity index (χ3n) is 7.98. The number of hydrogen-bond acceptors (Lipinski definition) is 8. The van der Waals surface area contributed by atoms with Crippen LogP contribution in [0.3, 0.4) is 0 Å². The number of benzene rings is 2. The highest BCUT2D eigenvalue weighted by atomic mass is 16.2. The Kier molecular flexibility index (Phi) is 5.27. The minimum Gasteiger partial charge on any atom is -0.317 e. The van der Waals surface area contributed by atoms with E-state index in [4.69, 9.17) is 0 Å². The molecule has 0 N–H and O–H groups in total. The zero-order chi connectivity index (χ0) is 27.7.